The van der Waals surface area contributed by atoms with Crippen molar-refractivity contribution in [3.63, 3.8) is 0 Å². The zero-order chi connectivity index (χ0) is 31.5. The number of carbonyl (C=O) groups excluding carboxylic acids is 3. The third kappa shape index (κ3) is 6.70. The molecule has 2 aromatic carbocycles. The van der Waals surface area contributed by atoms with Gasteiger partial charge in [0.1, 0.15) is 29.3 Å². The van der Waals surface area contributed by atoms with Crippen LogP contribution in [0.25, 0.3) is 0 Å². The van der Waals surface area contributed by atoms with Crippen molar-refractivity contribution in [1.29, 1.82) is 0 Å². The van der Waals surface area contributed by atoms with E-state index in [1.165, 1.54) is 9.80 Å². The van der Waals surface area contributed by atoms with Crippen LogP contribution in [0, 0.1) is 0 Å². The van der Waals surface area contributed by atoms with E-state index in [4.69, 9.17) is 44.9 Å². The summed E-state index contributed by atoms with van der Waals surface area (Å²) in [6.45, 7) is -0.416. The number of amides is 2. The quantitative estimate of drug-likeness (QED) is 0.375. The molecule has 0 saturated heterocycles. The summed E-state index contributed by atoms with van der Waals surface area (Å²) in [7, 11) is 0. The van der Waals surface area contributed by atoms with E-state index in [0.29, 0.717) is 32.6 Å². The Morgan fingerprint density at radius 2 is 1.11 bits per heavy atom. The lowest BCUT2D eigenvalue weighted by Gasteiger charge is -2.38. The number of rotatable bonds is 6. The van der Waals surface area contributed by atoms with Crippen molar-refractivity contribution in [2.45, 2.75) is 75.5 Å². The molecule has 44 heavy (non-hydrogen) atoms. The van der Waals surface area contributed by atoms with Gasteiger partial charge in [-0.25, -0.2) is 0 Å². The van der Waals surface area contributed by atoms with Crippen LogP contribution in [0.15, 0.2) is 58.5 Å². The Morgan fingerprint density at radius 3 is 1.48 bits per heavy atom. The van der Waals surface area contributed by atoms with E-state index in [1.807, 2.05) is 6.07 Å². The molecular formula is C32H33Cl3N4O5. The Hall–Kier alpha value is -3.27. The molecule has 2 spiro atoms. The largest absolute Gasteiger partial charge is 0.480 e. The minimum atomic E-state index is -1.01. The Labute approximate surface area is 270 Å². The molecule has 2 saturated carbocycles. The summed E-state index contributed by atoms with van der Waals surface area (Å²) in [5, 5.41) is 9.68. The summed E-state index contributed by atoms with van der Waals surface area (Å²) >= 11 is 17.5. The van der Waals surface area contributed by atoms with Crippen LogP contribution in [0.1, 0.15) is 75.3 Å². The first kappa shape index (κ1) is 32.1. The monoisotopic (exact) mass is 658 g/mol. The zero-order valence-electron chi connectivity index (χ0n) is 24.1. The second kappa shape index (κ2) is 13.4. The molecule has 2 heterocycles. The molecule has 2 aliphatic carbocycles. The van der Waals surface area contributed by atoms with Crippen molar-refractivity contribution < 1.29 is 24.3 Å². The van der Waals surface area contributed by atoms with Crippen LogP contribution in [0.4, 0.5) is 0 Å². The number of carboxylic acids is 1. The Kier molecular flexibility index (Phi) is 9.77. The number of carbonyl (C=O) groups is 4. The van der Waals surface area contributed by atoms with E-state index < -0.39 is 22.5 Å². The van der Waals surface area contributed by atoms with Crippen molar-refractivity contribution >= 4 is 69.3 Å². The van der Waals surface area contributed by atoms with Gasteiger partial charge in [-0.2, -0.15) is 0 Å². The maximum atomic E-state index is 12.8. The van der Waals surface area contributed by atoms with Gasteiger partial charge in [0.15, 0.2) is 0 Å². The second-order valence-corrected chi connectivity index (χ2v) is 12.9. The highest BCUT2D eigenvalue weighted by Crippen LogP contribution is 2.41. The SMILES string of the molecule is O=C(Cl)CN1C(=O)C(c2cccc(Cl)c2)=NC12CCCCC2.O=C(O)CN1C(=O)C(c2cccc(Cl)c2)=NC12CCCCC2. The number of aliphatic carboxylic acids is 1. The van der Waals surface area contributed by atoms with Crippen molar-refractivity contribution in [1.82, 2.24) is 9.80 Å². The lowest BCUT2D eigenvalue weighted by Crippen LogP contribution is -2.50. The summed E-state index contributed by atoms with van der Waals surface area (Å²) in [6.07, 6.45) is 9.09. The van der Waals surface area contributed by atoms with E-state index in [-0.39, 0.29) is 24.9 Å². The van der Waals surface area contributed by atoms with Crippen molar-refractivity contribution in [3.05, 3.63) is 69.7 Å². The van der Waals surface area contributed by atoms with Gasteiger partial charge in [0.25, 0.3) is 11.8 Å². The van der Waals surface area contributed by atoms with Gasteiger partial charge in [-0.15, -0.1) is 0 Å². The number of hydrogen-bond donors (Lipinski definition) is 1. The molecule has 0 atom stereocenters. The topological polar surface area (TPSA) is 120 Å². The minimum Gasteiger partial charge on any atom is -0.480 e. The summed E-state index contributed by atoms with van der Waals surface area (Å²) in [5.74, 6) is -1.56. The second-order valence-electron chi connectivity index (χ2n) is 11.6. The molecule has 0 bridgehead atoms. The molecule has 12 heteroatoms. The number of halogens is 3. The summed E-state index contributed by atoms with van der Waals surface area (Å²) in [6, 6.07) is 14.0. The molecule has 0 unspecified atom stereocenters. The van der Waals surface area contributed by atoms with Gasteiger partial charge in [0.05, 0.1) is 6.54 Å². The summed E-state index contributed by atoms with van der Waals surface area (Å²) < 4.78 is 0. The van der Waals surface area contributed by atoms with Crippen LogP contribution >= 0.6 is 34.8 Å². The first-order valence-electron chi connectivity index (χ1n) is 14.8. The summed E-state index contributed by atoms with van der Waals surface area (Å²) in [4.78, 5) is 60.4. The molecule has 2 aliphatic heterocycles. The highest BCUT2D eigenvalue weighted by molar-refractivity contribution is 6.64. The van der Waals surface area contributed by atoms with Crippen LogP contribution in [0.2, 0.25) is 10.0 Å². The Morgan fingerprint density at radius 1 is 0.705 bits per heavy atom. The average molecular weight is 660 g/mol. The van der Waals surface area contributed by atoms with Crippen LogP contribution in [0.5, 0.6) is 0 Å². The van der Waals surface area contributed by atoms with Crippen molar-refractivity contribution in [2.24, 2.45) is 9.98 Å². The average Bonchev–Trinajstić information content (AvgIpc) is 3.39. The van der Waals surface area contributed by atoms with Crippen LogP contribution in [-0.2, 0) is 19.2 Å². The van der Waals surface area contributed by atoms with Crippen LogP contribution < -0.4 is 0 Å². The molecule has 9 nitrogen and oxygen atoms in total. The number of carboxylic acid groups (broad SMARTS) is 1. The standard InChI is InChI=1S/C16H16Cl2N2O2.C16H17ClN2O3/c17-12-6-4-5-11(9-12)14-15(22)20(10-13(18)21)16(19-14)7-2-1-3-8-16;17-12-6-4-5-11(9-12)14-15(22)19(10-13(20)21)16(18-14)7-2-1-3-8-16/h4-6,9H,1-3,7-8,10H2;4-6,9H,1-3,7-8,10H2,(H,20,21). The molecule has 2 fully saturated rings. The smallest absolute Gasteiger partial charge is 0.323 e. The van der Waals surface area contributed by atoms with Gasteiger partial charge in [0.2, 0.25) is 5.24 Å². The fraction of sp³-hybridized carbons (Fsp3) is 0.438. The first-order chi connectivity index (χ1) is 21.0. The van der Waals surface area contributed by atoms with Crippen molar-refractivity contribution in [2.75, 3.05) is 13.1 Å². The van der Waals surface area contributed by atoms with E-state index in [1.54, 1.807) is 42.5 Å². The minimum absolute atomic E-state index is 0.103. The maximum absolute atomic E-state index is 12.8. The lowest BCUT2D eigenvalue weighted by atomic mass is 9.88. The lowest BCUT2D eigenvalue weighted by molar-refractivity contribution is -0.145. The fourth-order valence-corrected chi connectivity index (χ4v) is 7.11. The van der Waals surface area contributed by atoms with Gasteiger partial charge in [-0.3, -0.25) is 29.2 Å². The van der Waals surface area contributed by atoms with Gasteiger partial charge < -0.3 is 14.9 Å². The first-order valence-corrected chi connectivity index (χ1v) is 15.9. The molecule has 2 amide bonds. The third-order valence-corrected chi connectivity index (χ3v) is 9.21. The van der Waals surface area contributed by atoms with Gasteiger partial charge >= 0.3 is 5.97 Å². The highest BCUT2D eigenvalue weighted by Gasteiger charge is 2.49. The molecule has 1 N–H and O–H groups in total. The van der Waals surface area contributed by atoms with E-state index >= 15 is 0 Å². The number of benzene rings is 2. The summed E-state index contributed by atoms with van der Waals surface area (Å²) in [5.41, 5.74) is 0.735. The van der Waals surface area contributed by atoms with Gasteiger partial charge in [-0.1, -0.05) is 60.3 Å². The Balaban J connectivity index is 0.000000175. The molecule has 232 valence electrons. The fourth-order valence-electron chi connectivity index (χ4n) is 6.61. The number of nitrogens with zero attached hydrogens (tertiary/aromatic N) is 4. The van der Waals surface area contributed by atoms with Crippen LogP contribution in [-0.4, -0.2) is 73.8 Å². The predicted molar refractivity (Wildman–Crippen MR) is 170 cm³/mol. The molecule has 2 aromatic rings. The number of aliphatic imine (C=N–C) groups is 2. The zero-order valence-corrected chi connectivity index (χ0v) is 26.4. The van der Waals surface area contributed by atoms with Gasteiger partial charge in [-0.05, 0) is 87.2 Å². The number of hydrogen-bond acceptors (Lipinski definition) is 6. The molecule has 6 rings (SSSR count). The van der Waals surface area contributed by atoms with E-state index in [9.17, 15) is 19.2 Å². The highest BCUT2D eigenvalue weighted by atomic mass is 35.5. The van der Waals surface area contributed by atoms with Crippen LogP contribution in [0.3, 0.4) is 0 Å². The van der Waals surface area contributed by atoms with Gasteiger partial charge in [0, 0.05) is 21.2 Å². The molecular weight excluding hydrogens is 627 g/mol. The van der Waals surface area contributed by atoms with Crippen molar-refractivity contribution in [3.8, 4) is 0 Å². The predicted octanol–water partition coefficient (Wildman–Crippen LogP) is 6.11. The molecule has 4 aliphatic rings. The van der Waals surface area contributed by atoms with E-state index in [2.05, 4.69) is 4.99 Å². The third-order valence-electron chi connectivity index (χ3n) is 8.62. The maximum Gasteiger partial charge on any atom is 0.323 e. The Bertz CT molecular complexity index is 1420. The molecule has 0 aromatic heterocycles. The van der Waals surface area contributed by atoms with E-state index in [0.717, 1.165) is 64.2 Å². The molecule has 0 radical (unpaired) electrons. The normalized spacial score (nSPS) is 20.3.